The molecular weight excluding hydrogens is 438 g/mol. The van der Waals surface area contributed by atoms with E-state index >= 15 is 0 Å². The van der Waals surface area contributed by atoms with Gasteiger partial charge in [0, 0.05) is 37.4 Å². The van der Waals surface area contributed by atoms with Crippen LogP contribution >= 0.6 is 0 Å². The normalized spacial score (nSPS) is 14.6. The van der Waals surface area contributed by atoms with Crippen LogP contribution in [0.25, 0.3) is 0 Å². The number of hydrogen-bond donors (Lipinski definition) is 1. The predicted octanol–water partition coefficient (Wildman–Crippen LogP) is 3.85. The Kier molecular flexibility index (Phi) is 6.96. The minimum absolute atomic E-state index is 0.112. The van der Waals surface area contributed by atoms with Crippen LogP contribution in [0.1, 0.15) is 17.3 Å². The fourth-order valence-corrected chi connectivity index (χ4v) is 5.29. The maximum Gasteiger partial charge on any atom is 0.255 e. The molecule has 0 saturated carbocycles. The third kappa shape index (κ3) is 5.18. The standard InChI is InChI=1S/C25H27N3O4S/c1-2-32-24-14-7-6-13-23(24)26-25(29)20-9-8-12-22(19-20)33(30,31)28-17-15-27(16-18-28)21-10-4-3-5-11-21/h3-14,19H,2,15-18H2,1H3,(H,26,29). The number of anilines is 2. The molecule has 0 spiro atoms. The van der Waals surface area contributed by atoms with Crippen LogP contribution in [0.15, 0.2) is 83.8 Å². The molecule has 33 heavy (non-hydrogen) atoms. The topological polar surface area (TPSA) is 78.9 Å². The van der Waals surface area contributed by atoms with Crippen molar-refractivity contribution in [2.45, 2.75) is 11.8 Å². The molecule has 1 fully saturated rings. The Hall–Kier alpha value is -3.36. The zero-order valence-electron chi connectivity index (χ0n) is 18.5. The highest BCUT2D eigenvalue weighted by Crippen LogP contribution is 2.25. The SMILES string of the molecule is CCOc1ccccc1NC(=O)c1cccc(S(=O)(=O)N2CCN(c3ccccc3)CC2)c1. The number of sulfonamides is 1. The molecule has 0 bridgehead atoms. The van der Waals surface area contributed by atoms with Crippen LogP contribution in [0, 0.1) is 0 Å². The maximum atomic E-state index is 13.3. The Labute approximate surface area is 194 Å². The number of hydrogen-bond acceptors (Lipinski definition) is 5. The number of amides is 1. The number of piperazine rings is 1. The zero-order valence-corrected chi connectivity index (χ0v) is 19.3. The van der Waals surface area contributed by atoms with Crippen LogP contribution in [0.2, 0.25) is 0 Å². The van der Waals surface area contributed by atoms with Crippen molar-refractivity contribution in [2.24, 2.45) is 0 Å². The second-order valence-corrected chi connectivity index (χ2v) is 9.58. The zero-order chi connectivity index (χ0) is 23.3. The van der Waals surface area contributed by atoms with Crippen molar-refractivity contribution in [1.29, 1.82) is 0 Å². The second-order valence-electron chi connectivity index (χ2n) is 7.64. The van der Waals surface area contributed by atoms with Gasteiger partial charge in [-0.15, -0.1) is 0 Å². The van der Waals surface area contributed by atoms with Gasteiger partial charge in [0.15, 0.2) is 0 Å². The van der Waals surface area contributed by atoms with Gasteiger partial charge in [0.05, 0.1) is 17.2 Å². The first kappa shape index (κ1) is 22.8. The van der Waals surface area contributed by atoms with Gasteiger partial charge in [0.1, 0.15) is 5.75 Å². The average molecular weight is 466 g/mol. The molecule has 1 heterocycles. The number of benzene rings is 3. The summed E-state index contributed by atoms with van der Waals surface area (Å²) in [4.78, 5) is 15.1. The number of nitrogens with zero attached hydrogens (tertiary/aromatic N) is 2. The molecule has 0 aliphatic carbocycles. The molecule has 0 radical (unpaired) electrons. The number of ether oxygens (including phenoxy) is 1. The summed E-state index contributed by atoms with van der Waals surface area (Å²) in [6, 6.07) is 23.3. The summed E-state index contributed by atoms with van der Waals surface area (Å²) in [5.74, 6) is 0.168. The van der Waals surface area contributed by atoms with Gasteiger partial charge in [0.25, 0.3) is 5.91 Å². The highest BCUT2D eigenvalue weighted by atomic mass is 32.2. The van der Waals surface area contributed by atoms with Crippen molar-refractivity contribution in [1.82, 2.24) is 4.31 Å². The van der Waals surface area contributed by atoms with E-state index in [0.29, 0.717) is 44.2 Å². The smallest absolute Gasteiger partial charge is 0.255 e. The van der Waals surface area contributed by atoms with Crippen molar-refractivity contribution < 1.29 is 17.9 Å². The summed E-state index contributed by atoms with van der Waals surface area (Å²) in [5.41, 5.74) is 1.89. The number of nitrogens with one attached hydrogen (secondary N) is 1. The van der Waals surface area contributed by atoms with Gasteiger partial charge >= 0.3 is 0 Å². The molecule has 4 rings (SSSR count). The lowest BCUT2D eigenvalue weighted by Gasteiger charge is -2.35. The first-order valence-electron chi connectivity index (χ1n) is 10.9. The van der Waals surface area contributed by atoms with Gasteiger partial charge in [-0.3, -0.25) is 4.79 Å². The van der Waals surface area contributed by atoms with Gasteiger partial charge in [0.2, 0.25) is 10.0 Å². The van der Waals surface area contributed by atoms with Gasteiger partial charge in [-0.1, -0.05) is 36.4 Å². The molecular formula is C25H27N3O4S. The Morgan fingerprint density at radius 3 is 2.33 bits per heavy atom. The number of carbonyl (C=O) groups excluding carboxylic acids is 1. The van der Waals surface area contributed by atoms with Crippen LogP contribution in [0.4, 0.5) is 11.4 Å². The molecule has 7 nitrogen and oxygen atoms in total. The summed E-state index contributed by atoms with van der Waals surface area (Å²) in [5, 5.41) is 2.81. The van der Waals surface area contributed by atoms with Crippen LogP contribution in [-0.4, -0.2) is 51.4 Å². The van der Waals surface area contributed by atoms with Crippen molar-refractivity contribution in [2.75, 3.05) is 43.0 Å². The molecule has 172 valence electrons. The Morgan fingerprint density at radius 1 is 0.909 bits per heavy atom. The Balaban J connectivity index is 1.47. The summed E-state index contributed by atoms with van der Waals surface area (Å²) in [6.07, 6.45) is 0. The lowest BCUT2D eigenvalue weighted by atomic mass is 10.2. The Morgan fingerprint density at radius 2 is 1.61 bits per heavy atom. The monoisotopic (exact) mass is 465 g/mol. The van der Waals surface area contributed by atoms with E-state index < -0.39 is 15.9 Å². The molecule has 0 atom stereocenters. The van der Waals surface area contributed by atoms with Crippen LogP contribution in [-0.2, 0) is 10.0 Å². The van der Waals surface area contributed by atoms with E-state index in [0.717, 1.165) is 5.69 Å². The quantitative estimate of drug-likeness (QED) is 0.574. The van der Waals surface area contributed by atoms with E-state index in [9.17, 15) is 13.2 Å². The van der Waals surface area contributed by atoms with E-state index in [1.165, 1.54) is 16.4 Å². The molecule has 0 aromatic heterocycles. The lowest BCUT2D eigenvalue weighted by Crippen LogP contribution is -2.48. The minimum Gasteiger partial charge on any atom is -0.492 e. The average Bonchev–Trinajstić information content (AvgIpc) is 2.86. The number of rotatable bonds is 7. The van der Waals surface area contributed by atoms with E-state index in [-0.39, 0.29) is 10.5 Å². The van der Waals surface area contributed by atoms with Gasteiger partial charge in [-0.2, -0.15) is 4.31 Å². The summed E-state index contributed by atoms with van der Waals surface area (Å²) < 4.78 is 33.5. The van der Waals surface area contributed by atoms with Gasteiger partial charge < -0.3 is 15.0 Å². The molecule has 0 unspecified atom stereocenters. The van der Waals surface area contributed by atoms with Gasteiger partial charge in [-0.05, 0) is 49.4 Å². The number of para-hydroxylation sites is 3. The van der Waals surface area contributed by atoms with Crippen LogP contribution in [0.5, 0.6) is 5.75 Å². The van der Waals surface area contributed by atoms with Crippen LogP contribution < -0.4 is 15.0 Å². The third-order valence-corrected chi connectivity index (χ3v) is 7.42. The summed E-state index contributed by atoms with van der Waals surface area (Å²) >= 11 is 0. The molecule has 8 heteroatoms. The van der Waals surface area contributed by atoms with E-state index in [4.69, 9.17) is 4.74 Å². The van der Waals surface area contributed by atoms with Crippen molar-refractivity contribution in [3.05, 3.63) is 84.4 Å². The highest BCUT2D eigenvalue weighted by Gasteiger charge is 2.29. The minimum atomic E-state index is -3.71. The molecule has 3 aromatic rings. The molecule has 1 amide bonds. The molecule has 1 saturated heterocycles. The van der Waals surface area contributed by atoms with E-state index in [2.05, 4.69) is 10.2 Å². The highest BCUT2D eigenvalue weighted by molar-refractivity contribution is 7.89. The second kappa shape index (κ2) is 10.1. The molecule has 1 aliphatic heterocycles. The molecule has 1 aliphatic rings. The van der Waals surface area contributed by atoms with Crippen LogP contribution in [0.3, 0.4) is 0 Å². The van der Waals surface area contributed by atoms with Crippen molar-refractivity contribution in [3.63, 3.8) is 0 Å². The fourth-order valence-electron chi connectivity index (χ4n) is 3.82. The Bertz CT molecular complexity index is 1210. The maximum absolute atomic E-state index is 13.3. The number of carbonyl (C=O) groups is 1. The lowest BCUT2D eigenvalue weighted by molar-refractivity contribution is 0.102. The first-order valence-corrected chi connectivity index (χ1v) is 12.4. The van der Waals surface area contributed by atoms with Crippen molar-refractivity contribution >= 4 is 27.3 Å². The summed E-state index contributed by atoms with van der Waals surface area (Å²) in [6.45, 7) is 4.32. The first-order chi connectivity index (χ1) is 16.0. The largest absolute Gasteiger partial charge is 0.492 e. The fraction of sp³-hybridized carbons (Fsp3) is 0.240. The summed E-state index contributed by atoms with van der Waals surface area (Å²) in [7, 11) is -3.71. The molecule has 1 N–H and O–H groups in total. The van der Waals surface area contributed by atoms with Gasteiger partial charge in [-0.25, -0.2) is 8.42 Å². The van der Waals surface area contributed by atoms with E-state index in [1.54, 1.807) is 30.3 Å². The predicted molar refractivity (Wildman–Crippen MR) is 129 cm³/mol. The van der Waals surface area contributed by atoms with E-state index in [1.807, 2.05) is 43.3 Å². The molecule has 3 aromatic carbocycles. The van der Waals surface area contributed by atoms with Crippen molar-refractivity contribution in [3.8, 4) is 5.75 Å². The third-order valence-electron chi connectivity index (χ3n) is 5.53.